The van der Waals surface area contributed by atoms with Gasteiger partial charge in [0.25, 0.3) is 0 Å². The number of ketones is 12. The van der Waals surface area contributed by atoms with Crippen LogP contribution in [0.3, 0.4) is 0 Å². The molecule has 0 saturated carbocycles. The maximum atomic E-state index is 11.7. The van der Waals surface area contributed by atoms with E-state index in [-0.39, 0.29) is 162 Å². The molecular weight excluding hydrogens is 1700 g/mol. The Bertz CT molecular complexity index is 2970. The number of hydrogen-bond acceptors (Lipinski definition) is 26. The first kappa shape index (κ1) is 141. The molecule has 0 bridgehead atoms. The van der Waals surface area contributed by atoms with Crippen LogP contribution in [0.15, 0.2) is 0 Å². The predicted molar refractivity (Wildman–Crippen MR) is 535 cm³/mol. The van der Waals surface area contributed by atoms with E-state index < -0.39 is 0 Å². The van der Waals surface area contributed by atoms with Crippen LogP contribution in [0.5, 0.6) is 0 Å². The highest BCUT2D eigenvalue weighted by Crippen LogP contribution is 2.28. The van der Waals surface area contributed by atoms with Crippen molar-refractivity contribution in [2.24, 2.45) is 75.8 Å². The molecule has 0 fully saturated rings. The summed E-state index contributed by atoms with van der Waals surface area (Å²) in [5, 5.41) is 0. The summed E-state index contributed by atoms with van der Waals surface area (Å²) < 4.78 is 74.6. The van der Waals surface area contributed by atoms with Crippen molar-refractivity contribution < 1.29 is 124 Å². The van der Waals surface area contributed by atoms with Crippen LogP contribution in [0.25, 0.3) is 0 Å². The first-order chi connectivity index (χ1) is 60.0. The van der Waals surface area contributed by atoms with Crippen LogP contribution in [0.4, 0.5) is 0 Å². The largest absolute Gasteiger partial charge is 0.379 e. The van der Waals surface area contributed by atoms with E-state index >= 15 is 0 Å². The number of ether oxygens (including phenoxy) is 14. The van der Waals surface area contributed by atoms with Crippen molar-refractivity contribution in [3.05, 3.63) is 0 Å². The van der Waals surface area contributed by atoms with E-state index in [0.29, 0.717) is 200 Å². The first-order valence-corrected chi connectivity index (χ1v) is 48.5. The Morgan fingerprint density at radius 2 is 0.263 bits per heavy atom. The van der Waals surface area contributed by atoms with Gasteiger partial charge >= 0.3 is 0 Å². The Morgan fingerprint density at radius 3 is 0.436 bits per heavy atom. The van der Waals surface area contributed by atoms with Crippen molar-refractivity contribution in [1.29, 1.82) is 0 Å². The molecule has 26 nitrogen and oxygen atoms in total. The Hall–Kier alpha value is -4.52. The molecule has 0 N–H and O–H groups in total. The molecule has 133 heavy (non-hydrogen) atoms. The summed E-state index contributed by atoms with van der Waals surface area (Å²) in [7, 11) is 0. The molecule has 0 aromatic rings. The molecule has 0 spiro atoms. The van der Waals surface area contributed by atoms with Gasteiger partial charge in [0, 0.05) is 123 Å². The molecule has 0 amide bonds. The number of Topliss-reactive ketones (excluding diaryl/α,β-unsaturated/α-hetero) is 12. The Labute approximate surface area is 811 Å². The lowest BCUT2D eigenvalue weighted by molar-refractivity contribution is -0.134. The average Bonchev–Trinajstić information content (AvgIpc) is 0.902. The third-order valence-electron chi connectivity index (χ3n) is 19.6. The smallest absolute Gasteiger partial charge is 0.163 e. The van der Waals surface area contributed by atoms with Crippen LogP contribution in [0, 0.1) is 75.8 Å². The molecule has 0 unspecified atom stereocenters. The van der Waals surface area contributed by atoms with Gasteiger partial charge in [-0.3, -0.25) is 57.5 Å². The highest BCUT2D eigenvalue weighted by molar-refractivity contribution is 5.91. The summed E-state index contributed by atoms with van der Waals surface area (Å²) in [4.78, 5) is 139. The summed E-state index contributed by atoms with van der Waals surface area (Å²) in [5.41, 5.74) is -3.08. The monoisotopic (exact) mass is 1910 g/mol. The van der Waals surface area contributed by atoms with E-state index in [1.165, 1.54) is 0 Å². The molecule has 0 aliphatic rings. The average molecular weight is 1910 g/mol. The summed E-state index contributed by atoms with van der Waals surface area (Å²) in [6.07, 6.45) is 7.32. The van der Waals surface area contributed by atoms with Crippen LogP contribution in [-0.2, 0) is 124 Å². The fraction of sp³-hybridized carbons (Fsp3) is 0.888. The van der Waals surface area contributed by atoms with Crippen molar-refractivity contribution >= 4 is 69.4 Å². The Balaban J connectivity index is -0.000000282. The van der Waals surface area contributed by atoms with Gasteiger partial charge < -0.3 is 66.3 Å². The van der Waals surface area contributed by atoms with Crippen LogP contribution in [0.1, 0.15) is 361 Å². The van der Waals surface area contributed by atoms with Crippen molar-refractivity contribution in [2.75, 3.05) is 185 Å². The predicted octanol–water partition coefficient (Wildman–Crippen LogP) is 20.9. The molecule has 0 saturated heterocycles. The van der Waals surface area contributed by atoms with Crippen molar-refractivity contribution in [1.82, 2.24) is 0 Å². The summed E-state index contributed by atoms with van der Waals surface area (Å²) in [5.74, 6) is 2.01. The highest BCUT2D eigenvalue weighted by Gasteiger charge is 2.30. The Kier molecular flexibility index (Phi) is 76.4. The van der Waals surface area contributed by atoms with Gasteiger partial charge in [-0.05, 0) is 36.5 Å². The third-order valence-corrected chi connectivity index (χ3v) is 19.6. The molecule has 0 heterocycles. The lowest BCUT2D eigenvalue weighted by Crippen LogP contribution is -2.27. The second kappa shape index (κ2) is 71.8. The van der Waals surface area contributed by atoms with Gasteiger partial charge in [-0.1, -0.05) is 291 Å². The minimum absolute atomic E-state index is 0.0632. The maximum Gasteiger partial charge on any atom is 0.163 e. The first-order valence-electron chi connectivity index (χ1n) is 48.5. The number of hydrogen-bond donors (Lipinski definition) is 0. The topological polar surface area (TPSA) is 334 Å². The molecule has 0 aromatic carbocycles. The molecule has 0 rings (SSSR count). The third kappa shape index (κ3) is 97.5. The molecule has 0 aromatic heterocycles. The lowest BCUT2D eigenvalue weighted by Gasteiger charge is -2.20. The highest BCUT2D eigenvalue weighted by atomic mass is 16.6. The quantitative estimate of drug-likeness (QED) is 0.0510. The molecule has 0 radical (unpaired) electrons. The van der Waals surface area contributed by atoms with Crippen molar-refractivity contribution in [3.8, 4) is 0 Å². The van der Waals surface area contributed by atoms with Gasteiger partial charge in [-0.2, -0.15) is 0 Å². The maximum absolute atomic E-state index is 11.7. The minimum atomic E-state index is -0.372. The molecule has 0 aliphatic carbocycles. The number of rotatable bonds is 58. The van der Waals surface area contributed by atoms with Gasteiger partial charge in [-0.15, -0.1) is 0 Å². The van der Waals surface area contributed by atoms with E-state index in [1.54, 1.807) is 0 Å². The molecule has 788 valence electrons. The van der Waals surface area contributed by atoms with Crippen molar-refractivity contribution in [2.45, 2.75) is 361 Å². The zero-order chi connectivity index (χ0) is 105. The van der Waals surface area contributed by atoms with Crippen LogP contribution in [0.2, 0.25) is 0 Å². The standard InChI is InChI=1S/C20H38O6.C19H36O5.C16H30O5.C14H26O4.C14H28O3.C12H22O2.C12H24O/c1-19(2,3)17(21)7-9-23-11-13-25-15-16-26-14-12-24-10-8-18(22)20(4,5)6;1-18(2,3)16(20)8-7-10-22-12-14-24-15-13-23-11-9-17(21)19(4,5)6;1-15(2,3)13(17)11-20-9-7-19-8-10-21-12-14(18)16(4,5)6;1-13(2,3)11(15)9-17-7-8-18-10-12(16)14(4,5)6;1-13(2,3)7-8-16-9-10-17-11-12(15)14(4,5)6;1-11(2,3)9(13)7-8-10(14)12(4,5)6;1-11(2,3)9-7-8-10(13)12(4,5)6/h7-16H2,1-6H3;7-15H2,1-6H3;7-12H2,1-6H3;7-10H2,1-6H3;7-11H2,1-6H3;7-8H2,1-6H3;7-9H2,1-6H3. The SMILES string of the molecule is CC(C)(C)C(=O)CCC(=O)C(C)(C)C.CC(C)(C)C(=O)CCCOCCOCCOCCC(=O)C(C)(C)C.CC(C)(C)C(=O)CCOCCOCCOCCOCCC(=O)C(C)(C)C.CC(C)(C)C(=O)COCCOCC(=O)C(C)(C)C.CC(C)(C)C(=O)COCCOCCOCC(=O)C(C)(C)C.CC(C)(C)CCCC(=O)C(C)(C)C.CC(C)(C)CCOCCOCC(=O)C(C)(C)C. The van der Waals surface area contributed by atoms with Crippen LogP contribution in [-0.4, -0.2) is 254 Å². The fourth-order valence-electron chi connectivity index (χ4n) is 8.73. The van der Waals surface area contributed by atoms with E-state index in [4.69, 9.17) is 66.3 Å². The second-order valence-electron chi connectivity index (χ2n) is 48.4. The lowest BCUT2D eigenvalue weighted by atomic mass is 9.83. The van der Waals surface area contributed by atoms with E-state index in [1.807, 2.05) is 249 Å². The summed E-state index contributed by atoms with van der Waals surface area (Å²) in [6, 6.07) is 0. The molecule has 0 aliphatic heterocycles. The normalized spacial score (nSPS) is 12.6. The van der Waals surface area contributed by atoms with Gasteiger partial charge in [0.2, 0.25) is 0 Å². The Morgan fingerprint density at radius 1 is 0.128 bits per heavy atom. The number of carbonyl (C=O) groups excluding carboxylic acids is 12. The van der Waals surface area contributed by atoms with Gasteiger partial charge in [0.1, 0.15) is 73.5 Å². The van der Waals surface area contributed by atoms with Gasteiger partial charge in [0.15, 0.2) is 28.9 Å². The number of carbonyl (C=O) groups is 12. The summed E-state index contributed by atoms with van der Waals surface area (Å²) in [6.45, 7) is 93.0. The summed E-state index contributed by atoms with van der Waals surface area (Å²) >= 11 is 0. The zero-order valence-corrected chi connectivity index (χ0v) is 93.2. The zero-order valence-electron chi connectivity index (χ0n) is 93.2. The molecule has 26 heteroatoms. The van der Waals surface area contributed by atoms with Crippen molar-refractivity contribution in [3.63, 3.8) is 0 Å². The molecule has 0 atom stereocenters. The van der Waals surface area contributed by atoms with E-state index in [9.17, 15) is 57.5 Å². The minimum Gasteiger partial charge on any atom is -0.379 e. The van der Waals surface area contributed by atoms with Crippen LogP contribution < -0.4 is 0 Å². The fourth-order valence-corrected chi connectivity index (χ4v) is 8.73. The van der Waals surface area contributed by atoms with Crippen LogP contribution >= 0.6 is 0 Å². The second-order valence-corrected chi connectivity index (χ2v) is 48.4. The molecular formula is C107H204O26. The van der Waals surface area contributed by atoms with Gasteiger partial charge in [0.05, 0.1) is 139 Å². The van der Waals surface area contributed by atoms with E-state index in [2.05, 4.69) is 41.5 Å². The van der Waals surface area contributed by atoms with Gasteiger partial charge in [-0.25, -0.2) is 0 Å². The van der Waals surface area contributed by atoms with E-state index in [0.717, 1.165) is 38.7 Å².